The molecule has 2 heterocycles. The third-order valence-corrected chi connectivity index (χ3v) is 5.30. The van der Waals surface area contributed by atoms with Crippen molar-refractivity contribution in [1.82, 2.24) is 15.5 Å². The molecular formula is C22H18ClF2N3O4. The third kappa shape index (κ3) is 4.08. The van der Waals surface area contributed by atoms with Gasteiger partial charge in [-0.25, -0.2) is 0 Å². The summed E-state index contributed by atoms with van der Waals surface area (Å²) in [6, 6.07) is 6.36. The maximum atomic E-state index is 14.7. The maximum absolute atomic E-state index is 14.7. The zero-order valence-electron chi connectivity index (χ0n) is 20.3. The average molecular weight is 466 g/mol. The number of nitrogens with zero attached hydrogens (tertiary/aromatic N) is 1. The molecule has 0 aliphatic carbocycles. The van der Waals surface area contributed by atoms with Gasteiger partial charge >= 0.3 is 5.92 Å². The number of amides is 4. The number of piperidine rings is 1. The van der Waals surface area contributed by atoms with E-state index < -0.39 is 60.5 Å². The molecule has 2 N–H and O–H groups in total. The van der Waals surface area contributed by atoms with Crippen molar-refractivity contribution in [2.45, 2.75) is 37.8 Å². The molecule has 10 heteroatoms. The van der Waals surface area contributed by atoms with Crippen molar-refractivity contribution >= 4 is 35.2 Å². The summed E-state index contributed by atoms with van der Waals surface area (Å²) < 4.78 is 61.6. The van der Waals surface area contributed by atoms with Crippen LogP contribution in [0.15, 0.2) is 42.5 Å². The molecule has 166 valence electrons. The predicted molar refractivity (Wildman–Crippen MR) is 110 cm³/mol. The van der Waals surface area contributed by atoms with Crippen molar-refractivity contribution in [1.29, 1.82) is 0 Å². The van der Waals surface area contributed by atoms with Gasteiger partial charge in [-0.3, -0.25) is 24.5 Å². The van der Waals surface area contributed by atoms with Crippen LogP contribution in [0.5, 0.6) is 0 Å². The molecule has 0 bridgehead atoms. The number of fused-ring (bicyclic) bond motifs is 1. The molecular weight excluding hydrogens is 444 g/mol. The van der Waals surface area contributed by atoms with E-state index in [-0.39, 0.29) is 33.6 Å². The van der Waals surface area contributed by atoms with Crippen LogP contribution < -0.4 is 10.6 Å². The summed E-state index contributed by atoms with van der Waals surface area (Å²) >= 11 is 5.69. The number of alkyl halides is 2. The molecule has 2 aromatic rings. The Labute approximate surface area is 192 Å². The second-order valence-electron chi connectivity index (χ2n) is 7.19. The molecule has 4 amide bonds. The molecule has 32 heavy (non-hydrogen) atoms. The van der Waals surface area contributed by atoms with Crippen LogP contribution in [-0.4, -0.2) is 34.6 Å². The summed E-state index contributed by atoms with van der Waals surface area (Å²) in [6.45, 7) is -2.14. The van der Waals surface area contributed by atoms with Gasteiger partial charge in [0.15, 0.2) is 1.41 Å². The lowest BCUT2D eigenvalue weighted by Crippen LogP contribution is -2.52. The van der Waals surface area contributed by atoms with Gasteiger partial charge in [0.1, 0.15) is 6.04 Å². The number of carbonyl (C=O) groups excluding carboxylic acids is 4. The Morgan fingerprint density at radius 3 is 2.69 bits per heavy atom. The topological polar surface area (TPSA) is 95.6 Å². The van der Waals surface area contributed by atoms with Gasteiger partial charge in [-0.1, -0.05) is 35.9 Å². The van der Waals surface area contributed by atoms with Crippen LogP contribution in [0.3, 0.4) is 0 Å². The van der Waals surface area contributed by atoms with Crippen LogP contribution >= 0.6 is 11.6 Å². The number of carbonyl (C=O) groups is 4. The van der Waals surface area contributed by atoms with Crippen LogP contribution in [0.2, 0.25) is 6.43 Å². The van der Waals surface area contributed by atoms with E-state index in [1.54, 1.807) is 0 Å². The number of hydrogen-bond acceptors (Lipinski definition) is 4. The van der Waals surface area contributed by atoms with Crippen molar-refractivity contribution in [3.8, 4) is 0 Å². The Hall–Kier alpha value is -3.33. The number of halogens is 3. The quantitative estimate of drug-likeness (QED) is 0.663. The molecule has 7 nitrogen and oxygen atoms in total. The molecule has 0 saturated carbocycles. The molecule has 0 spiro atoms. The summed E-state index contributed by atoms with van der Waals surface area (Å²) in [7, 11) is 0. The minimum atomic E-state index is -4.10. The van der Waals surface area contributed by atoms with Crippen molar-refractivity contribution in [3.63, 3.8) is 0 Å². The fourth-order valence-electron chi connectivity index (χ4n) is 3.43. The number of hydrogen-bond donors (Lipinski definition) is 2. The monoisotopic (exact) mass is 465 g/mol. The maximum Gasteiger partial charge on any atom is 0.349 e. The Morgan fingerprint density at radius 1 is 1.28 bits per heavy atom. The molecule has 2 aliphatic heterocycles. The van der Waals surface area contributed by atoms with Crippen molar-refractivity contribution in [2.24, 2.45) is 0 Å². The largest absolute Gasteiger partial charge is 0.349 e. The highest BCUT2D eigenvalue weighted by atomic mass is 35.5. The lowest BCUT2D eigenvalue weighted by molar-refractivity contribution is -0.147. The molecule has 0 aromatic heterocycles. The lowest BCUT2D eigenvalue weighted by atomic mass is 10.0. The second-order valence-corrected chi connectivity index (χ2v) is 7.63. The van der Waals surface area contributed by atoms with Crippen LogP contribution in [0.25, 0.3) is 0 Å². The summed E-state index contributed by atoms with van der Waals surface area (Å²) in [4.78, 5) is 50.1. The SMILES string of the molecule is [2H]C(c1ccc2c(c1)CN(C1C(=O)NC(=O)CC1([2H])[2H])C2=O)N([2H])C(=O)C(F)(F)c1ccc(Cl)cc1. The Morgan fingerprint density at radius 2 is 2.00 bits per heavy atom. The van der Waals surface area contributed by atoms with Gasteiger partial charge in [-0.15, -0.1) is 0 Å². The standard InChI is InChI=1S/C22H18ClF2N3O4/c23-15-4-2-14(3-5-15)22(24,25)21(32)26-10-12-1-6-16-13(9-12)11-28(20(16)31)17-7-8-18(29)27-19(17)30/h1-6,9,17H,7-8,10-11H2,(H,26,32)(H,27,29,30)/i7D2,10D/hD. The third-order valence-electron chi connectivity index (χ3n) is 5.05. The first kappa shape index (κ1) is 17.3. The van der Waals surface area contributed by atoms with Crippen molar-refractivity contribution < 1.29 is 33.5 Å². The molecule has 1 saturated heterocycles. The van der Waals surface area contributed by atoms with Gasteiger partial charge in [0.2, 0.25) is 11.8 Å². The van der Waals surface area contributed by atoms with Gasteiger partial charge in [0.05, 0.1) is 1.37 Å². The second kappa shape index (κ2) is 8.31. The smallest absolute Gasteiger partial charge is 0.346 e. The van der Waals surface area contributed by atoms with E-state index in [1.807, 2.05) is 5.32 Å². The van der Waals surface area contributed by atoms with Crippen LogP contribution in [-0.2, 0) is 33.4 Å². The first-order valence-corrected chi connectivity index (χ1v) is 9.78. The van der Waals surface area contributed by atoms with Gasteiger partial charge in [0, 0.05) is 38.4 Å². The number of benzene rings is 2. The van der Waals surface area contributed by atoms with Crippen LogP contribution in [0.1, 0.15) is 44.0 Å². The normalized spacial score (nSPS) is 22.8. The first-order valence-electron chi connectivity index (χ1n) is 11.4. The molecule has 4 rings (SSSR count). The van der Waals surface area contributed by atoms with Gasteiger partial charge in [0.25, 0.3) is 11.8 Å². The van der Waals surface area contributed by atoms with Gasteiger partial charge in [-0.05, 0) is 35.7 Å². The Bertz CT molecular complexity index is 1280. The molecule has 0 radical (unpaired) electrons. The highest BCUT2D eigenvalue weighted by molar-refractivity contribution is 6.30. The number of rotatable bonds is 5. The highest BCUT2D eigenvalue weighted by Crippen LogP contribution is 2.30. The fraction of sp³-hybridized carbons (Fsp3) is 0.273. The Kier molecular flexibility index (Phi) is 4.48. The molecule has 2 unspecified atom stereocenters. The van der Waals surface area contributed by atoms with E-state index in [4.69, 9.17) is 17.1 Å². The summed E-state index contributed by atoms with van der Waals surface area (Å²) in [6.07, 6.45) is -2.95. The summed E-state index contributed by atoms with van der Waals surface area (Å²) in [5.41, 5.74) is -0.415. The predicted octanol–water partition coefficient (Wildman–Crippen LogP) is 2.51. The van der Waals surface area contributed by atoms with Crippen LogP contribution in [0, 0.1) is 0 Å². The van der Waals surface area contributed by atoms with E-state index in [9.17, 15) is 28.0 Å². The zero-order valence-corrected chi connectivity index (χ0v) is 17.0. The van der Waals surface area contributed by atoms with Crippen molar-refractivity contribution in [2.75, 3.05) is 0 Å². The van der Waals surface area contributed by atoms with Crippen LogP contribution in [0.4, 0.5) is 8.78 Å². The molecule has 2 aromatic carbocycles. The summed E-state index contributed by atoms with van der Waals surface area (Å²) in [5, 5.41) is 2.01. The van der Waals surface area contributed by atoms with E-state index in [0.717, 1.165) is 17.0 Å². The highest BCUT2D eigenvalue weighted by Gasteiger charge is 2.41. The minimum Gasteiger partial charge on any atom is -0.346 e. The Balaban J connectivity index is 1.56. The molecule has 1 fully saturated rings. The van der Waals surface area contributed by atoms with Gasteiger partial charge < -0.3 is 10.2 Å². The average Bonchev–Trinajstić information content (AvgIpc) is 3.11. The van der Waals surface area contributed by atoms with E-state index in [1.165, 1.54) is 30.3 Å². The number of nitrogens with one attached hydrogen (secondary N) is 2. The molecule has 2 atom stereocenters. The zero-order chi connectivity index (χ0) is 26.6. The lowest BCUT2D eigenvalue weighted by Gasteiger charge is -2.29. The van der Waals surface area contributed by atoms with Crippen molar-refractivity contribution in [3.05, 3.63) is 69.7 Å². The fourth-order valence-corrected chi connectivity index (χ4v) is 3.56. The van der Waals surface area contributed by atoms with E-state index in [2.05, 4.69) is 0 Å². The van der Waals surface area contributed by atoms with E-state index >= 15 is 0 Å². The number of imide groups is 1. The minimum absolute atomic E-state index is 0.0510. The van der Waals surface area contributed by atoms with E-state index in [0.29, 0.717) is 0 Å². The first-order chi connectivity index (χ1) is 16.7. The van der Waals surface area contributed by atoms with Gasteiger partial charge in [-0.2, -0.15) is 8.78 Å². The summed E-state index contributed by atoms with van der Waals surface area (Å²) in [5.74, 6) is -8.51. The molecule has 2 aliphatic rings.